The van der Waals surface area contributed by atoms with Gasteiger partial charge in [0.25, 0.3) is 0 Å². The zero-order valence-electron chi connectivity index (χ0n) is 11.4. The van der Waals surface area contributed by atoms with Gasteiger partial charge < -0.3 is 15.2 Å². The predicted octanol–water partition coefficient (Wildman–Crippen LogP) is 1.15. The largest absolute Gasteiger partial charge is 0.491 e. The Morgan fingerprint density at radius 1 is 1.40 bits per heavy atom. The van der Waals surface area contributed by atoms with E-state index in [9.17, 15) is 5.11 Å². The topological polar surface area (TPSA) is 70.2 Å². The molecule has 0 radical (unpaired) electrons. The number of aliphatic hydroxyl groups excluding tert-OH is 1. The summed E-state index contributed by atoms with van der Waals surface area (Å²) >= 11 is 0. The van der Waals surface area contributed by atoms with Crippen molar-refractivity contribution in [3.05, 3.63) is 23.4 Å². The summed E-state index contributed by atoms with van der Waals surface area (Å²) in [6, 6.07) is 4.51. The lowest BCUT2D eigenvalue weighted by Crippen LogP contribution is -2.26. The molecule has 0 spiro atoms. The monoisotopic (exact) mass is 273 g/mol. The number of nitrogens with one attached hydrogen (secondary N) is 2. The Bertz CT molecular complexity index is 631. The standard InChI is InChI=1S/C15H19N3O2/c19-10-7-11-14(20-8-10)4-3-12-15(11)13(18-17-12)6-9-2-1-5-16-9/h3-4,9-10,16,19H,1-2,5-8H2,(H,17,18). The van der Waals surface area contributed by atoms with Gasteiger partial charge in [0.15, 0.2) is 0 Å². The fraction of sp³-hybridized carbons (Fsp3) is 0.533. The molecule has 2 aliphatic heterocycles. The van der Waals surface area contributed by atoms with Crippen LogP contribution in [0.5, 0.6) is 5.75 Å². The molecular weight excluding hydrogens is 254 g/mol. The lowest BCUT2D eigenvalue weighted by molar-refractivity contribution is 0.0927. The van der Waals surface area contributed by atoms with E-state index in [-0.39, 0.29) is 0 Å². The van der Waals surface area contributed by atoms with Crippen LogP contribution in [0.2, 0.25) is 0 Å². The number of benzene rings is 1. The summed E-state index contributed by atoms with van der Waals surface area (Å²) in [5, 5.41) is 22.1. The van der Waals surface area contributed by atoms with Crippen molar-refractivity contribution in [1.82, 2.24) is 15.5 Å². The molecule has 0 bridgehead atoms. The van der Waals surface area contributed by atoms with Gasteiger partial charge in [0.2, 0.25) is 0 Å². The van der Waals surface area contributed by atoms with Gasteiger partial charge in [0.1, 0.15) is 12.4 Å². The first kappa shape index (κ1) is 12.2. The third kappa shape index (κ3) is 1.98. The average Bonchev–Trinajstić information content (AvgIpc) is 3.09. The number of aromatic amines is 1. The average molecular weight is 273 g/mol. The van der Waals surface area contributed by atoms with E-state index in [1.807, 2.05) is 12.1 Å². The van der Waals surface area contributed by atoms with E-state index < -0.39 is 6.10 Å². The normalized spacial score (nSPS) is 25.6. The minimum atomic E-state index is -0.416. The first-order valence-electron chi connectivity index (χ1n) is 7.34. The molecule has 1 aromatic carbocycles. The molecule has 5 nitrogen and oxygen atoms in total. The third-order valence-corrected chi connectivity index (χ3v) is 4.34. The van der Waals surface area contributed by atoms with Gasteiger partial charge >= 0.3 is 0 Å². The molecule has 0 aliphatic carbocycles. The molecule has 3 N–H and O–H groups in total. The Balaban J connectivity index is 1.77. The van der Waals surface area contributed by atoms with E-state index in [1.165, 1.54) is 12.8 Å². The fourth-order valence-corrected chi connectivity index (χ4v) is 3.37. The van der Waals surface area contributed by atoms with Gasteiger partial charge in [-0.15, -0.1) is 0 Å². The zero-order valence-corrected chi connectivity index (χ0v) is 11.4. The van der Waals surface area contributed by atoms with E-state index in [4.69, 9.17) is 4.74 Å². The second-order valence-electron chi connectivity index (χ2n) is 5.80. The molecule has 0 saturated carbocycles. The fourth-order valence-electron chi connectivity index (χ4n) is 3.37. The van der Waals surface area contributed by atoms with Crippen LogP contribution >= 0.6 is 0 Å². The molecule has 1 saturated heterocycles. The smallest absolute Gasteiger partial charge is 0.123 e. The van der Waals surface area contributed by atoms with Crippen LogP contribution < -0.4 is 10.1 Å². The van der Waals surface area contributed by atoms with Crippen molar-refractivity contribution >= 4 is 10.9 Å². The summed E-state index contributed by atoms with van der Waals surface area (Å²) < 4.78 is 5.63. The maximum Gasteiger partial charge on any atom is 0.123 e. The molecule has 2 atom stereocenters. The Kier molecular flexibility index (Phi) is 2.89. The van der Waals surface area contributed by atoms with Gasteiger partial charge in [-0.05, 0) is 31.5 Å². The van der Waals surface area contributed by atoms with Crippen molar-refractivity contribution in [3.8, 4) is 5.75 Å². The molecule has 2 unspecified atom stereocenters. The van der Waals surface area contributed by atoms with Crippen molar-refractivity contribution in [2.45, 2.75) is 37.8 Å². The molecule has 5 heteroatoms. The van der Waals surface area contributed by atoms with E-state index in [0.29, 0.717) is 19.1 Å². The summed E-state index contributed by atoms with van der Waals surface area (Å²) in [5.74, 6) is 0.893. The lowest BCUT2D eigenvalue weighted by atomic mass is 9.96. The molecule has 1 fully saturated rings. The third-order valence-electron chi connectivity index (χ3n) is 4.34. The Hall–Kier alpha value is -1.59. The van der Waals surface area contributed by atoms with Crippen LogP contribution in [0.1, 0.15) is 24.1 Å². The minimum absolute atomic E-state index is 0.385. The highest BCUT2D eigenvalue weighted by Gasteiger charge is 2.24. The lowest BCUT2D eigenvalue weighted by Gasteiger charge is -2.22. The highest BCUT2D eigenvalue weighted by Crippen LogP contribution is 2.33. The molecule has 0 amide bonds. The van der Waals surface area contributed by atoms with Crippen LogP contribution in [0.3, 0.4) is 0 Å². The van der Waals surface area contributed by atoms with Crippen LogP contribution in [-0.2, 0) is 12.8 Å². The minimum Gasteiger partial charge on any atom is -0.491 e. The Labute approximate surface area is 117 Å². The molecule has 1 aromatic heterocycles. The summed E-state index contributed by atoms with van der Waals surface area (Å²) in [5.41, 5.74) is 3.23. The van der Waals surface area contributed by atoms with Crippen LogP contribution in [0.4, 0.5) is 0 Å². The Morgan fingerprint density at radius 2 is 2.35 bits per heavy atom. The van der Waals surface area contributed by atoms with Gasteiger partial charge in [0, 0.05) is 29.8 Å². The van der Waals surface area contributed by atoms with Crippen molar-refractivity contribution < 1.29 is 9.84 Å². The number of aliphatic hydroxyl groups is 1. The number of fused-ring (bicyclic) bond motifs is 3. The highest BCUT2D eigenvalue weighted by molar-refractivity contribution is 5.87. The molecule has 20 heavy (non-hydrogen) atoms. The van der Waals surface area contributed by atoms with Crippen molar-refractivity contribution in [1.29, 1.82) is 0 Å². The van der Waals surface area contributed by atoms with Crippen LogP contribution in [-0.4, -0.2) is 40.6 Å². The summed E-state index contributed by atoms with van der Waals surface area (Å²) in [4.78, 5) is 0. The van der Waals surface area contributed by atoms with Gasteiger partial charge in [-0.3, -0.25) is 5.10 Å². The molecular formula is C15H19N3O2. The van der Waals surface area contributed by atoms with Gasteiger partial charge in [-0.2, -0.15) is 5.10 Å². The first-order chi connectivity index (χ1) is 9.81. The van der Waals surface area contributed by atoms with Crippen molar-refractivity contribution in [2.75, 3.05) is 13.2 Å². The van der Waals surface area contributed by atoms with E-state index >= 15 is 0 Å². The summed E-state index contributed by atoms with van der Waals surface area (Å²) in [6.07, 6.45) is 3.62. The van der Waals surface area contributed by atoms with Gasteiger partial charge in [-0.25, -0.2) is 0 Å². The SMILES string of the molecule is OC1COc2ccc3[nH]nc(CC4CCCN4)c3c2C1. The number of H-pyrrole nitrogens is 1. The van der Waals surface area contributed by atoms with Crippen molar-refractivity contribution in [2.24, 2.45) is 0 Å². The zero-order chi connectivity index (χ0) is 13.5. The quantitative estimate of drug-likeness (QED) is 0.768. The van der Waals surface area contributed by atoms with E-state index in [2.05, 4.69) is 15.5 Å². The van der Waals surface area contributed by atoms with Crippen LogP contribution in [0.15, 0.2) is 12.1 Å². The van der Waals surface area contributed by atoms with E-state index in [0.717, 1.165) is 40.9 Å². The molecule has 2 aromatic rings. The number of hydrogen-bond donors (Lipinski definition) is 3. The molecule has 4 rings (SSSR count). The Morgan fingerprint density at radius 3 is 3.20 bits per heavy atom. The van der Waals surface area contributed by atoms with E-state index in [1.54, 1.807) is 0 Å². The van der Waals surface area contributed by atoms with Gasteiger partial charge in [-0.1, -0.05) is 0 Å². The summed E-state index contributed by atoms with van der Waals surface area (Å²) in [6.45, 7) is 1.49. The second-order valence-corrected chi connectivity index (χ2v) is 5.80. The van der Waals surface area contributed by atoms with Crippen molar-refractivity contribution in [3.63, 3.8) is 0 Å². The highest BCUT2D eigenvalue weighted by atomic mass is 16.5. The number of ether oxygens (including phenoxy) is 1. The second kappa shape index (κ2) is 4.75. The maximum absolute atomic E-state index is 9.86. The molecule has 2 aliphatic rings. The summed E-state index contributed by atoms with van der Waals surface area (Å²) in [7, 11) is 0. The molecule has 106 valence electrons. The molecule has 3 heterocycles. The van der Waals surface area contributed by atoms with Crippen LogP contribution in [0, 0.1) is 0 Å². The predicted molar refractivity (Wildman–Crippen MR) is 76.0 cm³/mol. The maximum atomic E-state index is 9.86. The van der Waals surface area contributed by atoms with Crippen LogP contribution in [0.25, 0.3) is 10.9 Å². The number of rotatable bonds is 2. The van der Waals surface area contributed by atoms with Gasteiger partial charge in [0.05, 0.1) is 17.3 Å². The number of nitrogens with zero attached hydrogens (tertiary/aromatic N) is 1. The number of hydrogen-bond acceptors (Lipinski definition) is 4. The first-order valence-corrected chi connectivity index (χ1v) is 7.34. The number of aromatic nitrogens is 2.